The SMILES string of the molecule is CC/C=C/C=C/C=C/C=C/CCCCCCCC(=O)OC(COCCC(C(=O)[O-])[N+](C)(C)C)COC(=O)CC/C=C/C/C=C/CCCCCCCC. The number of carbonyl (C=O) groups excluding carboxylic acids is 3. The van der Waals surface area contributed by atoms with Crippen molar-refractivity contribution in [2.45, 2.75) is 148 Å². The molecule has 0 rings (SSSR count). The highest BCUT2D eigenvalue weighted by molar-refractivity contribution is 5.70. The molecule has 0 aliphatic carbocycles. The second-order valence-electron chi connectivity index (χ2n) is 14.2. The maximum absolute atomic E-state index is 12.7. The Morgan fingerprint density at radius 2 is 1.19 bits per heavy atom. The van der Waals surface area contributed by atoms with Gasteiger partial charge in [-0.1, -0.05) is 138 Å². The maximum Gasteiger partial charge on any atom is 0.306 e. The van der Waals surface area contributed by atoms with Crippen LogP contribution in [0.2, 0.25) is 0 Å². The molecule has 296 valence electrons. The molecule has 0 heterocycles. The predicted molar refractivity (Wildman–Crippen MR) is 212 cm³/mol. The Labute approximate surface area is 317 Å². The molecule has 0 aliphatic heterocycles. The number of unbranched alkanes of at least 4 members (excludes halogenated alkanes) is 11. The van der Waals surface area contributed by atoms with Gasteiger partial charge in [-0.05, 0) is 51.4 Å². The van der Waals surface area contributed by atoms with E-state index < -0.39 is 18.1 Å². The van der Waals surface area contributed by atoms with Gasteiger partial charge in [0.05, 0.1) is 40.3 Å². The molecule has 52 heavy (non-hydrogen) atoms. The molecule has 0 saturated heterocycles. The van der Waals surface area contributed by atoms with Gasteiger partial charge in [0, 0.05) is 19.3 Å². The van der Waals surface area contributed by atoms with Crippen LogP contribution in [0.1, 0.15) is 136 Å². The van der Waals surface area contributed by atoms with Crippen molar-refractivity contribution in [1.29, 1.82) is 0 Å². The van der Waals surface area contributed by atoms with E-state index in [0.29, 0.717) is 6.42 Å². The monoisotopic (exact) mass is 728 g/mol. The van der Waals surface area contributed by atoms with Gasteiger partial charge in [-0.2, -0.15) is 0 Å². The average molecular weight is 728 g/mol. The number of aliphatic carboxylic acids is 1. The first-order valence-corrected chi connectivity index (χ1v) is 20.0. The third kappa shape index (κ3) is 32.7. The predicted octanol–water partition coefficient (Wildman–Crippen LogP) is 9.07. The Morgan fingerprint density at radius 3 is 1.83 bits per heavy atom. The van der Waals surface area contributed by atoms with Crippen molar-refractivity contribution in [3.8, 4) is 0 Å². The van der Waals surface area contributed by atoms with Gasteiger partial charge >= 0.3 is 11.9 Å². The number of allylic oxidation sites excluding steroid dienone is 12. The van der Waals surface area contributed by atoms with E-state index in [1.54, 1.807) is 21.1 Å². The van der Waals surface area contributed by atoms with Crippen molar-refractivity contribution in [2.24, 2.45) is 0 Å². The Morgan fingerprint density at radius 1 is 0.615 bits per heavy atom. The molecule has 0 spiro atoms. The minimum Gasteiger partial charge on any atom is -0.544 e. The lowest BCUT2D eigenvalue weighted by molar-refractivity contribution is -0.889. The van der Waals surface area contributed by atoms with Crippen molar-refractivity contribution in [1.82, 2.24) is 0 Å². The average Bonchev–Trinajstić information content (AvgIpc) is 3.09. The minimum atomic E-state index is -1.14. The molecule has 2 atom stereocenters. The lowest BCUT2D eigenvalue weighted by Gasteiger charge is -2.34. The summed E-state index contributed by atoms with van der Waals surface area (Å²) in [5, 5.41) is 11.6. The number of carboxylic acid groups (broad SMARTS) is 1. The molecule has 0 radical (unpaired) electrons. The van der Waals surface area contributed by atoms with Crippen LogP contribution in [0.5, 0.6) is 0 Å². The van der Waals surface area contributed by atoms with Crippen LogP contribution in [0.15, 0.2) is 72.9 Å². The summed E-state index contributed by atoms with van der Waals surface area (Å²) in [6.45, 7) is 4.40. The molecule has 8 nitrogen and oxygen atoms in total. The van der Waals surface area contributed by atoms with E-state index in [0.717, 1.165) is 57.8 Å². The normalized spacial score (nSPS) is 13.8. The molecule has 8 heteroatoms. The third-order valence-electron chi connectivity index (χ3n) is 8.43. The number of quaternary nitrogens is 1. The quantitative estimate of drug-likeness (QED) is 0.0214. The van der Waals surface area contributed by atoms with E-state index in [1.807, 2.05) is 36.5 Å². The molecule has 0 fully saturated rings. The van der Waals surface area contributed by atoms with Crippen LogP contribution >= 0.6 is 0 Å². The summed E-state index contributed by atoms with van der Waals surface area (Å²) < 4.78 is 17.0. The minimum absolute atomic E-state index is 0.00973. The lowest BCUT2D eigenvalue weighted by atomic mass is 10.1. The molecular formula is C44H73NO7. The van der Waals surface area contributed by atoms with Crippen molar-refractivity contribution in [2.75, 3.05) is 41.0 Å². The van der Waals surface area contributed by atoms with Gasteiger partial charge < -0.3 is 28.6 Å². The van der Waals surface area contributed by atoms with Gasteiger partial charge in [0.25, 0.3) is 0 Å². The number of ether oxygens (including phenoxy) is 3. The summed E-state index contributed by atoms with van der Waals surface area (Å²) in [6, 6.07) is -0.740. The molecule has 0 aliphatic rings. The largest absolute Gasteiger partial charge is 0.544 e. The summed E-state index contributed by atoms with van der Waals surface area (Å²) in [7, 11) is 5.37. The fourth-order valence-corrected chi connectivity index (χ4v) is 5.31. The van der Waals surface area contributed by atoms with E-state index in [1.165, 1.54) is 38.5 Å². The topological polar surface area (TPSA) is 102 Å². The summed E-state index contributed by atoms with van der Waals surface area (Å²) in [6.07, 6.45) is 42.2. The van der Waals surface area contributed by atoms with Gasteiger partial charge in [-0.15, -0.1) is 0 Å². The van der Waals surface area contributed by atoms with Crippen molar-refractivity contribution < 1.29 is 38.2 Å². The second kappa shape index (κ2) is 34.8. The van der Waals surface area contributed by atoms with E-state index in [2.05, 4.69) is 50.3 Å². The smallest absolute Gasteiger partial charge is 0.306 e. The Kier molecular flexibility index (Phi) is 32.7. The Balaban J connectivity index is 4.54. The molecule has 0 N–H and O–H groups in total. The fraction of sp³-hybridized carbons (Fsp3) is 0.659. The van der Waals surface area contributed by atoms with Crippen LogP contribution in [0.3, 0.4) is 0 Å². The van der Waals surface area contributed by atoms with Crippen molar-refractivity contribution >= 4 is 17.9 Å². The van der Waals surface area contributed by atoms with Crippen LogP contribution < -0.4 is 5.11 Å². The third-order valence-corrected chi connectivity index (χ3v) is 8.43. The summed E-state index contributed by atoms with van der Waals surface area (Å²) in [4.78, 5) is 36.7. The Bertz CT molecular complexity index is 1080. The Hall–Kier alpha value is -3.23. The molecule has 2 unspecified atom stereocenters. The van der Waals surface area contributed by atoms with Crippen molar-refractivity contribution in [3.05, 3.63) is 72.9 Å². The zero-order valence-corrected chi connectivity index (χ0v) is 33.4. The van der Waals surface area contributed by atoms with Crippen LogP contribution in [-0.4, -0.2) is 75.5 Å². The summed E-state index contributed by atoms with van der Waals surface area (Å²) in [5.41, 5.74) is 0. The summed E-state index contributed by atoms with van der Waals surface area (Å²) in [5.74, 6) is -1.86. The number of esters is 2. The highest BCUT2D eigenvalue weighted by Crippen LogP contribution is 2.12. The van der Waals surface area contributed by atoms with Gasteiger partial charge in [0.1, 0.15) is 12.6 Å². The van der Waals surface area contributed by atoms with E-state index in [4.69, 9.17) is 14.2 Å². The molecule has 0 aromatic carbocycles. The molecular weight excluding hydrogens is 654 g/mol. The second-order valence-corrected chi connectivity index (χ2v) is 14.2. The number of likely N-dealkylation sites (N-methyl/N-ethyl adjacent to an activating group) is 1. The molecule has 0 aromatic heterocycles. The fourth-order valence-electron chi connectivity index (χ4n) is 5.31. The molecule has 0 saturated carbocycles. The first-order chi connectivity index (χ1) is 25.1. The first kappa shape index (κ1) is 48.8. The summed E-state index contributed by atoms with van der Waals surface area (Å²) >= 11 is 0. The van der Waals surface area contributed by atoms with Gasteiger partial charge in [0.15, 0.2) is 6.10 Å². The standard InChI is InChI=1S/C44H73NO7/c1-6-8-10-12-14-16-18-20-21-23-25-27-29-31-33-35-43(47)52-40(38-50-37-36-41(44(48)49)45(3,4)5)39-51-42(46)34-32-30-28-26-24-22-19-17-15-13-11-9-7-2/h8,10,12,14,16,18,20-22,24,28,30,40-41H,6-7,9,11,13,15,17,19,23,25-27,29,31-39H2,1-5H3/b10-8+,14-12+,18-16+,21-20+,24-22+,30-28+. The number of rotatable bonds is 34. The number of hydrogen-bond donors (Lipinski definition) is 0. The van der Waals surface area contributed by atoms with Crippen LogP contribution in [0, 0.1) is 0 Å². The van der Waals surface area contributed by atoms with E-state index in [-0.39, 0.29) is 55.5 Å². The van der Waals surface area contributed by atoms with Gasteiger partial charge in [-0.3, -0.25) is 9.59 Å². The molecule has 0 amide bonds. The van der Waals surface area contributed by atoms with Crippen LogP contribution in [0.25, 0.3) is 0 Å². The van der Waals surface area contributed by atoms with Crippen molar-refractivity contribution in [3.63, 3.8) is 0 Å². The van der Waals surface area contributed by atoms with E-state index in [9.17, 15) is 19.5 Å². The molecule has 0 aromatic rings. The molecule has 0 bridgehead atoms. The van der Waals surface area contributed by atoms with E-state index >= 15 is 0 Å². The first-order valence-electron chi connectivity index (χ1n) is 20.0. The van der Waals surface area contributed by atoms with Crippen LogP contribution in [-0.2, 0) is 28.6 Å². The number of carbonyl (C=O) groups is 3. The van der Waals surface area contributed by atoms with Gasteiger partial charge in [-0.25, -0.2) is 0 Å². The van der Waals surface area contributed by atoms with Crippen LogP contribution in [0.4, 0.5) is 0 Å². The zero-order chi connectivity index (χ0) is 38.5. The zero-order valence-electron chi connectivity index (χ0n) is 33.4. The number of hydrogen-bond acceptors (Lipinski definition) is 7. The highest BCUT2D eigenvalue weighted by Gasteiger charge is 2.25. The van der Waals surface area contributed by atoms with Gasteiger partial charge in [0.2, 0.25) is 0 Å². The highest BCUT2D eigenvalue weighted by atomic mass is 16.6. The maximum atomic E-state index is 12.7. The lowest BCUT2D eigenvalue weighted by Crippen LogP contribution is -2.55. The number of nitrogens with zero attached hydrogens (tertiary/aromatic N) is 1. The number of carboxylic acids is 1.